The van der Waals surface area contributed by atoms with E-state index in [4.69, 9.17) is 0 Å². The van der Waals surface area contributed by atoms with Crippen LogP contribution in [-0.4, -0.2) is 5.91 Å². The first-order valence-electron chi connectivity index (χ1n) is 6.98. The van der Waals surface area contributed by atoms with E-state index in [0.717, 1.165) is 37.8 Å². The molecule has 0 spiro atoms. The Morgan fingerprint density at radius 2 is 1.90 bits per heavy atom. The van der Waals surface area contributed by atoms with E-state index < -0.39 is 17.6 Å². The van der Waals surface area contributed by atoms with Crippen LogP contribution in [0, 0.1) is 11.7 Å². The van der Waals surface area contributed by atoms with Crippen molar-refractivity contribution in [3.05, 3.63) is 35.1 Å². The van der Waals surface area contributed by atoms with Crippen LogP contribution < -0.4 is 5.32 Å². The van der Waals surface area contributed by atoms with Crippen molar-refractivity contribution < 1.29 is 22.4 Å². The minimum atomic E-state index is -4.63. The van der Waals surface area contributed by atoms with E-state index in [-0.39, 0.29) is 18.0 Å². The second-order valence-corrected chi connectivity index (χ2v) is 5.43. The summed E-state index contributed by atoms with van der Waals surface area (Å²) in [5.74, 6) is -0.858. The average Bonchev–Trinajstić information content (AvgIpc) is 2.89. The molecule has 1 aliphatic rings. The summed E-state index contributed by atoms with van der Waals surface area (Å²) in [4.78, 5) is 11.7. The summed E-state index contributed by atoms with van der Waals surface area (Å²) in [5, 5.41) is 2.50. The van der Waals surface area contributed by atoms with E-state index in [1.54, 1.807) is 0 Å². The zero-order valence-electron chi connectivity index (χ0n) is 11.5. The number of rotatable bonds is 4. The van der Waals surface area contributed by atoms with E-state index in [1.807, 2.05) is 0 Å². The van der Waals surface area contributed by atoms with Gasteiger partial charge in [0.05, 0.1) is 5.56 Å². The lowest BCUT2D eigenvalue weighted by molar-refractivity contribution is -0.138. The number of benzene rings is 1. The van der Waals surface area contributed by atoms with Crippen molar-refractivity contribution in [1.29, 1.82) is 0 Å². The fourth-order valence-electron chi connectivity index (χ4n) is 2.71. The van der Waals surface area contributed by atoms with E-state index in [1.165, 1.54) is 0 Å². The number of hydrogen-bond donors (Lipinski definition) is 1. The normalized spacial score (nSPS) is 16.2. The van der Waals surface area contributed by atoms with Crippen LogP contribution in [0.1, 0.15) is 43.2 Å². The van der Waals surface area contributed by atoms with Crippen LogP contribution in [0.3, 0.4) is 0 Å². The third-order valence-electron chi connectivity index (χ3n) is 3.80. The summed E-state index contributed by atoms with van der Waals surface area (Å²) in [6, 6.07) is 2.49. The minimum Gasteiger partial charge on any atom is -0.352 e. The number of nitrogens with one attached hydrogen (secondary N) is 1. The van der Waals surface area contributed by atoms with Gasteiger partial charge >= 0.3 is 6.18 Å². The molecule has 2 nitrogen and oxygen atoms in total. The predicted octanol–water partition coefficient (Wildman–Crippen LogP) is 4.04. The maximum Gasteiger partial charge on any atom is 0.416 e. The van der Waals surface area contributed by atoms with Crippen LogP contribution in [0.5, 0.6) is 0 Å². The van der Waals surface area contributed by atoms with Crippen molar-refractivity contribution in [2.75, 3.05) is 0 Å². The number of amides is 1. The average molecular weight is 303 g/mol. The van der Waals surface area contributed by atoms with Gasteiger partial charge in [0.25, 0.3) is 0 Å². The first-order valence-corrected chi connectivity index (χ1v) is 6.98. The Kier molecular flexibility index (Phi) is 4.85. The molecule has 6 heteroatoms. The molecule has 0 atom stereocenters. The summed E-state index contributed by atoms with van der Waals surface area (Å²) in [6.07, 6.45) is -0.0754. The van der Waals surface area contributed by atoms with Gasteiger partial charge in [0.15, 0.2) is 0 Å². The lowest BCUT2D eigenvalue weighted by Crippen LogP contribution is -2.26. The number of alkyl halides is 3. The molecule has 0 aromatic heterocycles. The third kappa shape index (κ3) is 4.44. The molecule has 0 aliphatic heterocycles. The molecule has 1 aromatic carbocycles. The van der Waals surface area contributed by atoms with Gasteiger partial charge in [-0.05, 0) is 36.5 Å². The van der Waals surface area contributed by atoms with Gasteiger partial charge in [-0.15, -0.1) is 0 Å². The van der Waals surface area contributed by atoms with Crippen molar-refractivity contribution in [3.8, 4) is 0 Å². The topological polar surface area (TPSA) is 29.1 Å². The molecule has 1 saturated carbocycles. The zero-order chi connectivity index (χ0) is 15.5. The highest BCUT2D eigenvalue weighted by atomic mass is 19.4. The van der Waals surface area contributed by atoms with E-state index in [9.17, 15) is 22.4 Å². The van der Waals surface area contributed by atoms with E-state index in [2.05, 4.69) is 5.32 Å². The maximum atomic E-state index is 13.0. The molecule has 116 valence electrons. The Morgan fingerprint density at radius 3 is 2.52 bits per heavy atom. The Hall–Kier alpha value is -1.59. The molecule has 1 amide bonds. The van der Waals surface area contributed by atoms with Crippen LogP contribution in [0.4, 0.5) is 17.6 Å². The maximum absolute atomic E-state index is 13.0. The van der Waals surface area contributed by atoms with Gasteiger partial charge in [-0.3, -0.25) is 4.79 Å². The molecule has 21 heavy (non-hydrogen) atoms. The van der Waals surface area contributed by atoms with Gasteiger partial charge in [-0.25, -0.2) is 4.39 Å². The van der Waals surface area contributed by atoms with Crippen molar-refractivity contribution in [1.82, 2.24) is 5.32 Å². The highest BCUT2D eigenvalue weighted by molar-refractivity contribution is 5.76. The summed E-state index contributed by atoms with van der Waals surface area (Å²) in [6.45, 7) is -0.235. The predicted molar refractivity (Wildman–Crippen MR) is 69.8 cm³/mol. The molecule has 1 aliphatic carbocycles. The van der Waals surface area contributed by atoms with E-state index in [0.29, 0.717) is 18.4 Å². The van der Waals surface area contributed by atoms with E-state index >= 15 is 0 Å². The van der Waals surface area contributed by atoms with Crippen molar-refractivity contribution in [2.24, 2.45) is 5.92 Å². The van der Waals surface area contributed by atoms with Crippen molar-refractivity contribution >= 4 is 5.91 Å². The molecule has 1 aromatic rings. The van der Waals surface area contributed by atoms with Gasteiger partial charge in [0.1, 0.15) is 5.82 Å². The van der Waals surface area contributed by atoms with Crippen LogP contribution in [0.15, 0.2) is 18.2 Å². The van der Waals surface area contributed by atoms with Crippen LogP contribution in [0.25, 0.3) is 0 Å². The van der Waals surface area contributed by atoms with Gasteiger partial charge in [-0.1, -0.05) is 18.9 Å². The van der Waals surface area contributed by atoms with Gasteiger partial charge in [-0.2, -0.15) is 13.2 Å². The van der Waals surface area contributed by atoms with Gasteiger partial charge in [0.2, 0.25) is 5.91 Å². The first kappa shape index (κ1) is 15.8. The minimum absolute atomic E-state index is 0.122. The largest absolute Gasteiger partial charge is 0.416 e. The monoisotopic (exact) mass is 303 g/mol. The highest BCUT2D eigenvalue weighted by Gasteiger charge is 2.33. The Bertz CT molecular complexity index is 507. The fourth-order valence-corrected chi connectivity index (χ4v) is 2.71. The summed E-state index contributed by atoms with van der Waals surface area (Å²) < 4.78 is 51.4. The molecule has 2 rings (SSSR count). The first-order chi connectivity index (χ1) is 9.86. The molecule has 0 heterocycles. The summed E-state index contributed by atoms with van der Waals surface area (Å²) in [7, 11) is 0. The Labute approximate surface area is 120 Å². The standard InChI is InChI=1S/C15H17F4NO/c16-12-6-5-11(13(8-12)15(17,18)19)9-20-14(21)7-10-3-1-2-4-10/h5-6,8,10H,1-4,7,9H2,(H,20,21). The number of carbonyl (C=O) groups is 1. The summed E-state index contributed by atoms with van der Waals surface area (Å²) in [5.41, 5.74) is -1.16. The fraction of sp³-hybridized carbons (Fsp3) is 0.533. The van der Waals surface area contributed by atoms with Gasteiger partial charge < -0.3 is 5.32 Å². The molecule has 0 bridgehead atoms. The zero-order valence-corrected chi connectivity index (χ0v) is 11.5. The van der Waals surface area contributed by atoms with Gasteiger partial charge in [0, 0.05) is 13.0 Å². The molecule has 1 N–H and O–H groups in total. The van der Waals surface area contributed by atoms with Crippen LogP contribution >= 0.6 is 0 Å². The molecular weight excluding hydrogens is 286 g/mol. The quantitative estimate of drug-likeness (QED) is 0.836. The lowest BCUT2D eigenvalue weighted by atomic mass is 10.0. The number of carbonyl (C=O) groups excluding carboxylic acids is 1. The molecule has 0 radical (unpaired) electrons. The Balaban J connectivity index is 1.97. The third-order valence-corrected chi connectivity index (χ3v) is 3.80. The van der Waals surface area contributed by atoms with Crippen LogP contribution in [0.2, 0.25) is 0 Å². The second kappa shape index (κ2) is 6.45. The molecule has 0 unspecified atom stereocenters. The number of halogens is 4. The highest BCUT2D eigenvalue weighted by Crippen LogP contribution is 2.32. The van der Waals surface area contributed by atoms with Crippen LogP contribution in [-0.2, 0) is 17.5 Å². The lowest BCUT2D eigenvalue weighted by Gasteiger charge is -2.14. The Morgan fingerprint density at radius 1 is 1.24 bits per heavy atom. The van der Waals surface area contributed by atoms with Crippen molar-refractivity contribution in [2.45, 2.75) is 44.8 Å². The molecule has 0 saturated heterocycles. The number of hydrogen-bond acceptors (Lipinski definition) is 1. The SMILES string of the molecule is O=C(CC1CCCC1)NCc1ccc(F)cc1C(F)(F)F. The second-order valence-electron chi connectivity index (χ2n) is 5.43. The smallest absolute Gasteiger partial charge is 0.352 e. The molecule has 1 fully saturated rings. The summed E-state index contributed by atoms with van der Waals surface area (Å²) >= 11 is 0. The molecular formula is C15H17F4NO. The van der Waals surface area contributed by atoms with Crippen molar-refractivity contribution in [3.63, 3.8) is 0 Å².